The molecule has 0 aliphatic heterocycles. The molecule has 134 valence electrons. The Labute approximate surface area is 148 Å². The molecule has 1 N–H and O–H groups in total. The van der Waals surface area contributed by atoms with Crippen LogP contribution in [0.5, 0.6) is 5.75 Å². The Hall–Kier alpha value is -3.62. The van der Waals surface area contributed by atoms with Crippen molar-refractivity contribution in [3.8, 4) is 11.4 Å². The molecule has 0 aliphatic rings. The third-order valence-corrected chi connectivity index (χ3v) is 3.76. The summed E-state index contributed by atoms with van der Waals surface area (Å²) in [5.74, 6) is 0.0679. The van der Waals surface area contributed by atoms with Crippen molar-refractivity contribution in [1.82, 2.24) is 14.7 Å². The van der Waals surface area contributed by atoms with Gasteiger partial charge in [-0.1, -0.05) is 35.2 Å². The molecule has 0 saturated heterocycles. The standard InChI is InChI=1S/C17H17N5O4/c1-12-6-5-8-14(10-12)20-19-17(22(24)25)16(21(20)23)18-11-13-7-3-4-9-15(13)26-2/h3-10,23H,11H2,1-2H3. The summed E-state index contributed by atoms with van der Waals surface area (Å²) >= 11 is 0. The van der Waals surface area contributed by atoms with E-state index in [1.807, 2.05) is 25.1 Å². The van der Waals surface area contributed by atoms with E-state index in [1.54, 1.807) is 30.3 Å². The fourth-order valence-corrected chi connectivity index (χ4v) is 2.52. The maximum atomic E-state index is 11.3. The lowest BCUT2D eigenvalue weighted by Gasteiger charge is -2.04. The predicted octanol–water partition coefficient (Wildman–Crippen LogP) is 2.24. The molecule has 0 radical (unpaired) electrons. The van der Waals surface area contributed by atoms with Crippen LogP contribution in [0.3, 0.4) is 0 Å². The van der Waals surface area contributed by atoms with Crippen molar-refractivity contribution in [3.63, 3.8) is 0 Å². The maximum absolute atomic E-state index is 11.3. The molecule has 0 fully saturated rings. The van der Waals surface area contributed by atoms with Gasteiger partial charge in [0.05, 0.1) is 18.8 Å². The highest BCUT2D eigenvalue weighted by Gasteiger charge is 2.24. The molecule has 0 aliphatic carbocycles. The molecule has 0 unspecified atom stereocenters. The number of hydrogen-bond donors (Lipinski definition) is 1. The number of aryl methyl sites for hydroxylation is 1. The Morgan fingerprint density at radius 1 is 1.27 bits per heavy atom. The average Bonchev–Trinajstić information content (AvgIpc) is 2.97. The summed E-state index contributed by atoms with van der Waals surface area (Å²) in [5, 5.41) is 25.6. The van der Waals surface area contributed by atoms with Gasteiger partial charge in [0.1, 0.15) is 11.4 Å². The molecule has 0 atom stereocenters. The van der Waals surface area contributed by atoms with E-state index < -0.39 is 10.7 Å². The third-order valence-electron chi connectivity index (χ3n) is 3.76. The van der Waals surface area contributed by atoms with Crippen molar-refractivity contribution in [2.24, 2.45) is 4.99 Å². The minimum absolute atomic E-state index is 0.0882. The van der Waals surface area contributed by atoms with E-state index in [9.17, 15) is 15.3 Å². The highest BCUT2D eigenvalue weighted by atomic mass is 16.6. The molecule has 2 aromatic carbocycles. The minimum Gasteiger partial charge on any atom is -0.496 e. The van der Waals surface area contributed by atoms with Crippen LogP contribution >= 0.6 is 0 Å². The Morgan fingerprint density at radius 3 is 2.73 bits per heavy atom. The van der Waals surface area contributed by atoms with Crippen molar-refractivity contribution >= 4 is 5.82 Å². The first-order chi connectivity index (χ1) is 12.5. The van der Waals surface area contributed by atoms with Gasteiger partial charge in [0, 0.05) is 5.56 Å². The van der Waals surface area contributed by atoms with Crippen molar-refractivity contribution in [1.29, 1.82) is 0 Å². The smallest absolute Gasteiger partial charge is 0.438 e. The van der Waals surface area contributed by atoms with Gasteiger partial charge in [-0.15, -0.1) is 0 Å². The van der Waals surface area contributed by atoms with E-state index in [-0.39, 0.29) is 12.0 Å². The SMILES string of the molecule is COc1ccccc1CN=c1c([N+](=O)[O-])nn(-c2cccc(C)c2)n1O. The molecule has 0 amide bonds. The van der Waals surface area contributed by atoms with Gasteiger partial charge in [0.15, 0.2) is 0 Å². The van der Waals surface area contributed by atoms with Crippen molar-refractivity contribution in [3.05, 3.63) is 75.3 Å². The van der Waals surface area contributed by atoms with E-state index in [2.05, 4.69) is 10.1 Å². The summed E-state index contributed by atoms with van der Waals surface area (Å²) in [4.78, 5) is 16.4. The van der Waals surface area contributed by atoms with Crippen LogP contribution in [0.1, 0.15) is 11.1 Å². The largest absolute Gasteiger partial charge is 0.496 e. The molecule has 0 bridgehead atoms. The highest BCUT2D eigenvalue weighted by Crippen LogP contribution is 2.18. The topological polar surface area (TPSA) is 108 Å². The number of nitrogens with zero attached hydrogens (tertiary/aromatic N) is 5. The molecule has 3 aromatic rings. The van der Waals surface area contributed by atoms with E-state index in [1.165, 1.54) is 7.11 Å². The molecule has 0 saturated carbocycles. The molecule has 1 aromatic heterocycles. The number of para-hydroxylation sites is 1. The fourth-order valence-electron chi connectivity index (χ4n) is 2.52. The first kappa shape index (κ1) is 17.2. The van der Waals surface area contributed by atoms with Crippen LogP contribution in [-0.4, -0.2) is 32.0 Å². The second-order valence-corrected chi connectivity index (χ2v) is 5.55. The second kappa shape index (κ2) is 7.09. The highest BCUT2D eigenvalue weighted by molar-refractivity contribution is 5.35. The van der Waals surface area contributed by atoms with Crippen LogP contribution in [0.2, 0.25) is 0 Å². The number of methoxy groups -OCH3 is 1. The Bertz CT molecular complexity index is 1020. The van der Waals surface area contributed by atoms with E-state index in [0.29, 0.717) is 16.3 Å². The van der Waals surface area contributed by atoms with Gasteiger partial charge in [-0.25, -0.2) is 0 Å². The molecule has 9 nitrogen and oxygen atoms in total. The zero-order valence-corrected chi connectivity index (χ0v) is 14.2. The molecule has 9 heteroatoms. The van der Waals surface area contributed by atoms with Gasteiger partial charge in [-0.05, 0) is 40.4 Å². The van der Waals surface area contributed by atoms with E-state index in [0.717, 1.165) is 15.9 Å². The monoisotopic (exact) mass is 355 g/mol. The molecular weight excluding hydrogens is 338 g/mol. The second-order valence-electron chi connectivity index (χ2n) is 5.55. The molecule has 1 heterocycles. The molecule has 26 heavy (non-hydrogen) atoms. The number of ether oxygens (including phenoxy) is 1. The van der Waals surface area contributed by atoms with Crippen LogP contribution in [0.4, 0.5) is 5.82 Å². The quantitative estimate of drug-likeness (QED) is 0.429. The lowest BCUT2D eigenvalue weighted by molar-refractivity contribution is -0.391. The van der Waals surface area contributed by atoms with Gasteiger partial charge in [0.25, 0.3) is 5.49 Å². The average molecular weight is 355 g/mol. The number of nitro groups is 1. The predicted molar refractivity (Wildman–Crippen MR) is 92.4 cm³/mol. The Morgan fingerprint density at radius 2 is 2.04 bits per heavy atom. The van der Waals surface area contributed by atoms with E-state index >= 15 is 0 Å². The first-order valence-corrected chi connectivity index (χ1v) is 7.76. The maximum Gasteiger partial charge on any atom is 0.438 e. The van der Waals surface area contributed by atoms with Crippen LogP contribution in [0.15, 0.2) is 53.5 Å². The summed E-state index contributed by atoms with van der Waals surface area (Å²) < 4.78 is 5.25. The molecule has 3 rings (SSSR count). The first-order valence-electron chi connectivity index (χ1n) is 7.76. The zero-order valence-electron chi connectivity index (χ0n) is 14.2. The number of benzene rings is 2. The van der Waals surface area contributed by atoms with Crippen LogP contribution in [0, 0.1) is 17.0 Å². The normalized spacial score (nSPS) is 11.5. The van der Waals surface area contributed by atoms with Crippen LogP contribution in [-0.2, 0) is 6.54 Å². The van der Waals surface area contributed by atoms with Crippen LogP contribution < -0.4 is 10.2 Å². The summed E-state index contributed by atoms with van der Waals surface area (Å²) in [6.07, 6.45) is 0. The summed E-state index contributed by atoms with van der Waals surface area (Å²) in [5.41, 5.74) is 1.89. The van der Waals surface area contributed by atoms with E-state index in [4.69, 9.17) is 4.74 Å². The lowest BCUT2D eigenvalue weighted by Crippen LogP contribution is -2.22. The number of rotatable bonds is 5. The minimum atomic E-state index is -0.680. The van der Waals surface area contributed by atoms with Gasteiger partial charge in [-0.2, -0.15) is 0 Å². The zero-order chi connectivity index (χ0) is 18.7. The Balaban J connectivity index is 2.10. The summed E-state index contributed by atoms with van der Waals surface area (Å²) in [7, 11) is 1.53. The fraction of sp³-hybridized carbons (Fsp3) is 0.176. The number of hydrogen-bond acceptors (Lipinski definition) is 6. The molecular formula is C17H17N5O4. The van der Waals surface area contributed by atoms with Crippen molar-refractivity contribution in [2.45, 2.75) is 13.5 Å². The third kappa shape index (κ3) is 3.27. The van der Waals surface area contributed by atoms with Crippen molar-refractivity contribution in [2.75, 3.05) is 7.11 Å². The summed E-state index contributed by atoms with van der Waals surface area (Å²) in [6, 6.07) is 14.2. The van der Waals surface area contributed by atoms with Gasteiger partial charge in [0.2, 0.25) is 0 Å². The number of aromatic nitrogens is 3. The Kier molecular flexibility index (Phi) is 4.70. The van der Waals surface area contributed by atoms with Gasteiger partial charge < -0.3 is 20.1 Å². The lowest BCUT2D eigenvalue weighted by atomic mass is 10.2. The van der Waals surface area contributed by atoms with Crippen LogP contribution in [0.25, 0.3) is 5.69 Å². The van der Waals surface area contributed by atoms with Gasteiger partial charge in [-0.3, -0.25) is 4.99 Å². The summed E-state index contributed by atoms with van der Waals surface area (Å²) in [6.45, 7) is 1.96. The van der Waals surface area contributed by atoms with Crippen molar-refractivity contribution < 1.29 is 14.9 Å². The molecule has 0 spiro atoms. The van der Waals surface area contributed by atoms with Gasteiger partial charge >= 0.3 is 5.82 Å².